The first kappa shape index (κ1) is 13.1. The lowest BCUT2D eigenvalue weighted by Crippen LogP contribution is -1.88. The van der Waals surface area contributed by atoms with Crippen LogP contribution >= 0.6 is 11.8 Å². The number of fused-ring (bicyclic) bond motifs is 1. The fourth-order valence-corrected chi connectivity index (χ4v) is 3.20. The molecule has 0 bridgehead atoms. The Labute approximate surface area is 123 Å². The topological polar surface area (TPSA) is 9.23 Å². The van der Waals surface area contributed by atoms with Gasteiger partial charge in [-0.2, -0.15) is 0 Å². The van der Waals surface area contributed by atoms with E-state index in [0.717, 1.165) is 5.75 Å². The molecule has 0 radical (unpaired) electrons. The maximum atomic E-state index is 5.47. The molecule has 0 aliphatic rings. The standard InChI is InChI=1S/C18H16OS/c1-19-17-11-10-14-8-9-15(12-16(14)18(17)20-2)13-6-4-3-5-7-13/h3-12H,1-2H3. The smallest absolute Gasteiger partial charge is 0.133 e. The summed E-state index contributed by atoms with van der Waals surface area (Å²) in [6.45, 7) is 0. The van der Waals surface area contributed by atoms with Crippen LogP contribution in [0.2, 0.25) is 0 Å². The maximum absolute atomic E-state index is 5.47. The highest BCUT2D eigenvalue weighted by Gasteiger charge is 2.08. The van der Waals surface area contributed by atoms with Crippen LogP contribution in [0, 0.1) is 0 Å². The molecule has 0 aliphatic carbocycles. The molecule has 3 aromatic rings. The molecule has 0 fully saturated rings. The van der Waals surface area contributed by atoms with Gasteiger partial charge in [-0.05, 0) is 40.3 Å². The number of methoxy groups -OCH3 is 1. The van der Waals surface area contributed by atoms with Crippen LogP contribution in [0.4, 0.5) is 0 Å². The summed E-state index contributed by atoms with van der Waals surface area (Å²) in [5.74, 6) is 0.940. The zero-order valence-corrected chi connectivity index (χ0v) is 12.4. The van der Waals surface area contributed by atoms with Crippen molar-refractivity contribution in [3.63, 3.8) is 0 Å². The molecule has 3 aromatic carbocycles. The summed E-state index contributed by atoms with van der Waals surface area (Å²) in [6, 6.07) is 21.2. The molecule has 0 saturated carbocycles. The number of hydrogen-bond donors (Lipinski definition) is 0. The van der Waals surface area contributed by atoms with E-state index < -0.39 is 0 Å². The summed E-state index contributed by atoms with van der Waals surface area (Å²) in [7, 11) is 1.72. The van der Waals surface area contributed by atoms with Crippen molar-refractivity contribution in [3.8, 4) is 16.9 Å². The molecule has 20 heavy (non-hydrogen) atoms. The first-order chi connectivity index (χ1) is 9.83. The number of hydrogen-bond acceptors (Lipinski definition) is 2. The Morgan fingerprint density at radius 2 is 1.60 bits per heavy atom. The number of thioether (sulfide) groups is 1. The van der Waals surface area contributed by atoms with Crippen molar-refractivity contribution in [1.29, 1.82) is 0 Å². The molecule has 0 heterocycles. The van der Waals surface area contributed by atoms with Gasteiger partial charge >= 0.3 is 0 Å². The van der Waals surface area contributed by atoms with Crippen molar-refractivity contribution in [3.05, 3.63) is 60.7 Å². The van der Waals surface area contributed by atoms with Gasteiger partial charge in [0.15, 0.2) is 0 Å². The van der Waals surface area contributed by atoms with Gasteiger partial charge in [-0.25, -0.2) is 0 Å². The highest BCUT2D eigenvalue weighted by molar-refractivity contribution is 7.99. The van der Waals surface area contributed by atoms with Gasteiger partial charge in [-0.3, -0.25) is 0 Å². The normalized spacial score (nSPS) is 10.7. The molecule has 2 heteroatoms. The first-order valence-electron chi connectivity index (χ1n) is 6.53. The Hall–Kier alpha value is -1.93. The largest absolute Gasteiger partial charge is 0.496 e. The van der Waals surface area contributed by atoms with Crippen molar-refractivity contribution >= 4 is 22.5 Å². The van der Waals surface area contributed by atoms with Crippen LogP contribution in [0.25, 0.3) is 21.9 Å². The molecule has 0 unspecified atom stereocenters. The second-order valence-electron chi connectivity index (χ2n) is 4.60. The summed E-state index contributed by atoms with van der Waals surface area (Å²) in [6.07, 6.45) is 2.09. The van der Waals surface area contributed by atoms with Crippen molar-refractivity contribution in [2.75, 3.05) is 13.4 Å². The van der Waals surface area contributed by atoms with Gasteiger partial charge < -0.3 is 4.74 Å². The van der Waals surface area contributed by atoms with Gasteiger partial charge in [-0.1, -0.05) is 48.5 Å². The van der Waals surface area contributed by atoms with Crippen molar-refractivity contribution < 1.29 is 4.74 Å². The van der Waals surface area contributed by atoms with E-state index in [4.69, 9.17) is 4.74 Å². The average Bonchev–Trinajstić information content (AvgIpc) is 2.54. The van der Waals surface area contributed by atoms with Gasteiger partial charge in [-0.15, -0.1) is 11.8 Å². The lowest BCUT2D eigenvalue weighted by molar-refractivity contribution is 0.406. The van der Waals surface area contributed by atoms with Crippen LogP contribution in [-0.4, -0.2) is 13.4 Å². The third-order valence-corrected chi connectivity index (χ3v) is 4.30. The predicted molar refractivity (Wildman–Crippen MR) is 87.7 cm³/mol. The molecule has 3 rings (SSSR count). The summed E-state index contributed by atoms with van der Waals surface area (Å²) in [4.78, 5) is 1.20. The van der Waals surface area contributed by atoms with Crippen LogP contribution in [-0.2, 0) is 0 Å². The van der Waals surface area contributed by atoms with Crippen LogP contribution in [0.5, 0.6) is 5.75 Å². The van der Waals surface area contributed by atoms with Gasteiger partial charge in [0, 0.05) is 0 Å². The van der Waals surface area contributed by atoms with E-state index >= 15 is 0 Å². The average molecular weight is 280 g/mol. The predicted octanol–water partition coefficient (Wildman–Crippen LogP) is 5.24. The van der Waals surface area contributed by atoms with Crippen LogP contribution < -0.4 is 4.74 Å². The first-order valence-corrected chi connectivity index (χ1v) is 7.76. The third-order valence-electron chi connectivity index (χ3n) is 3.47. The van der Waals surface area contributed by atoms with E-state index in [-0.39, 0.29) is 0 Å². The molecule has 0 amide bonds. The molecule has 0 aliphatic heterocycles. The minimum atomic E-state index is 0.940. The summed E-state index contributed by atoms with van der Waals surface area (Å²) < 4.78 is 5.47. The van der Waals surface area contributed by atoms with E-state index in [1.54, 1.807) is 18.9 Å². The second-order valence-corrected chi connectivity index (χ2v) is 5.42. The van der Waals surface area contributed by atoms with Crippen LogP contribution in [0.3, 0.4) is 0 Å². The minimum Gasteiger partial charge on any atom is -0.496 e. The molecule has 0 aromatic heterocycles. The van der Waals surface area contributed by atoms with E-state index in [2.05, 4.69) is 54.8 Å². The fourth-order valence-electron chi connectivity index (χ4n) is 2.45. The number of rotatable bonds is 3. The highest BCUT2D eigenvalue weighted by atomic mass is 32.2. The minimum absolute atomic E-state index is 0.940. The lowest BCUT2D eigenvalue weighted by Gasteiger charge is -2.11. The van der Waals surface area contributed by atoms with Gasteiger partial charge in [0.05, 0.1) is 12.0 Å². The Morgan fingerprint density at radius 3 is 2.30 bits per heavy atom. The molecule has 0 atom stereocenters. The summed E-state index contributed by atoms with van der Waals surface area (Å²) in [5.41, 5.74) is 2.48. The van der Waals surface area contributed by atoms with Crippen molar-refractivity contribution in [2.45, 2.75) is 4.90 Å². The molecule has 100 valence electrons. The van der Waals surface area contributed by atoms with Gasteiger partial charge in [0.1, 0.15) is 5.75 Å². The molecule has 0 N–H and O–H groups in total. The molecule has 0 spiro atoms. The molecule has 0 saturated heterocycles. The quantitative estimate of drug-likeness (QED) is 0.607. The summed E-state index contributed by atoms with van der Waals surface area (Å²) >= 11 is 1.73. The van der Waals surface area contributed by atoms with Gasteiger partial charge in [0.25, 0.3) is 0 Å². The number of ether oxygens (including phenoxy) is 1. The Balaban J connectivity index is 2.24. The zero-order chi connectivity index (χ0) is 13.9. The SMILES string of the molecule is COc1ccc2ccc(-c3ccccc3)cc2c1SC. The second kappa shape index (κ2) is 5.59. The molecular weight excluding hydrogens is 264 g/mol. The Morgan fingerprint density at radius 1 is 0.850 bits per heavy atom. The lowest BCUT2D eigenvalue weighted by atomic mass is 10.0. The number of benzene rings is 3. The Bertz CT molecular complexity index is 735. The van der Waals surface area contributed by atoms with Crippen LogP contribution in [0.15, 0.2) is 65.6 Å². The van der Waals surface area contributed by atoms with Crippen molar-refractivity contribution in [1.82, 2.24) is 0 Å². The zero-order valence-electron chi connectivity index (χ0n) is 11.6. The van der Waals surface area contributed by atoms with E-state index in [9.17, 15) is 0 Å². The van der Waals surface area contributed by atoms with Gasteiger partial charge in [0.2, 0.25) is 0 Å². The molecular formula is C18H16OS. The fraction of sp³-hybridized carbons (Fsp3) is 0.111. The van der Waals surface area contributed by atoms with Crippen molar-refractivity contribution in [2.24, 2.45) is 0 Å². The molecule has 1 nitrogen and oxygen atoms in total. The van der Waals surface area contributed by atoms with E-state index in [1.165, 1.54) is 26.8 Å². The highest BCUT2D eigenvalue weighted by Crippen LogP contribution is 2.37. The van der Waals surface area contributed by atoms with Crippen LogP contribution in [0.1, 0.15) is 0 Å². The van der Waals surface area contributed by atoms with E-state index in [0.29, 0.717) is 0 Å². The monoisotopic (exact) mass is 280 g/mol. The maximum Gasteiger partial charge on any atom is 0.133 e. The van der Waals surface area contributed by atoms with E-state index in [1.807, 2.05) is 12.1 Å². The third kappa shape index (κ3) is 2.27. The Kier molecular flexibility index (Phi) is 3.66. The summed E-state index contributed by atoms with van der Waals surface area (Å²) in [5, 5.41) is 2.49.